The van der Waals surface area contributed by atoms with Crippen molar-refractivity contribution in [3.63, 3.8) is 0 Å². The molecule has 26 heavy (non-hydrogen) atoms. The van der Waals surface area contributed by atoms with Crippen molar-refractivity contribution >= 4 is 21.7 Å². The molecule has 0 unspecified atom stereocenters. The monoisotopic (exact) mass is 381 g/mol. The molecule has 2 fully saturated rings. The molecule has 0 saturated carbocycles. The summed E-state index contributed by atoms with van der Waals surface area (Å²) in [6, 6.07) is 1.98. The predicted molar refractivity (Wildman–Crippen MR) is 99.2 cm³/mol. The lowest BCUT2D eigenvalue weighted by Crippen LogP contribution is -2.42. The van der Waals surface area contributed by atoms with E-state index in [0.717, 1.165) is 24.6 Å². The molecule has 1 amide bonds. The van der Waals surface area contributed by atoms with Crippen LogP contribution in [0.5, 0.6) is 0 Å². The normalized spacial score (nSPS) is 19.7. The SMILES string of the molecule is Cc1cc(N2CCCC2)nc(CNC(=O)C2CCN(S(C)(=O)=O)CC2)n1. The van der Waals surface area contributed by atoms with E-state index in [1.807, 2.05) is 13.0 Å². The number of sulfonamides is 1. The molecule has 1 aromatic rings. The molecular weight excluding hydrogens is 354 g/mol. The van der Waals surface area contributed by atoms with Crippen molar-refractivity contribution in [1.82, 2.24) is 19.6 Å². The van der Waals surface area contributed by atoms with Gasteiger partial charge in [-0.25, -0.2) is 22.7 Å². The van der Waals surface area contributed by atoms with Crippen LogP contribution < -0.4 is 10.2 Å². The molecule has 144 valence electrons. The second-order valence-electron chi connectivity index (χ2n) is 7.13. The smallest absolute Gasteiger partial charge is 0.223 e. The van der Waals surface area contributed by atoms with E-state index in [0.29, 0.717) is 38.3 Å². The van der Waals surface area contributed by atoms with Crippen molar-refractivity contribution in [2.45, 2.75) is 39.2 Å². The van der Waals surface area contributed by atoms with E-state index in [-0.39, 0.29) is 11.8 Å². The molecule has 1 aromatic heterocycles. The van der Waals surface area contributed by atoms with Crippen LogP contribution >= 0.6 is 0 Å². The molecule has 2 aliphatic rings. The Hall–Kier alpha value is -1.74. The van der Waals surface area contributed by atoms with Crippen LogP contribution in [0.2, 0.25) is 0 Å². The second kappa shape index (κ2) is 7.87. The quantitative estimate of drug-likeness (QED) is 0.806. The van der Waals surface area contributed by atoms with E-state index < -0.39 is 10.0 Å². The van der Waals surface area contributed by atoms with Crippen LogP contribution in [-0.4, -0.2) is 61.0 Å². The summed E-state index contributed by atoms with van der Waals surface area (Å²) in [6.07, 6.45) is 4.67. The summed E-state index contributed by atoms with van der Waals surface area (Å²) in [7, 11) is -3.17. The Labute approximate surface area is 155 Å². The maximum absolute atomic E-state index is 12.4. The first kappa shape index (κ1) is 19.0. The van der Waals surface area contributed by atoms with Crippen LogP contribution in [0.15, 0.2) is 6.07 Å². The number of hydrogen-bond donors (Lipinski definition) is 1. The Morgan fingerprint density at radius 2 is 1.85 bits per heavy atom. The van der Waals surface area contributed by atoms with Crippen molar-refractivity contribution in [2.75, 3.05) is 37.3 Å². The summed E-state index contributed by atoms with van der Waals surface area (Å²) in [6.45, 7) is 5.07. The number of hydrogen-bond acceptors (Lipinski definition) is 6. The highest BCUT2D eigenvalue weighted by atomic mass is 32.2. The minimum Gasteiger partial charge on any atom is -0.357 e. The summed E-state index contributed by atoms with van der Waals surface area (Å²) in [5.41, 5.74) is 0.896. The maximum Gasteiger partial charge on any atom is 0.223 e. The van der Waals surface area contributed by atoms with Crippen LogP contribution in [0.1, 0.15) is 37.2 Å². The average Bonchev–Trinajstić information content (AvgIpc) is 3.13. The second-order valence-corrected chi connectivity index (χ2v) is 9.11. The molecule has 2 saturated heterocycles. The van der Waals surface area contributed by atoms with Gasteiger partial charge in [-0.15, -0.1) is 0 Å². The number of aryl methyl sites for hydroxylation is 1. The van der Waals surface area contributed by atoms with Crippen LogP contribution in [0.3, 0.4) is 0 Å². The fourth-order valence-electron chi connectivity index (χ4n) is 3.56. The first-order chi connectivity index (χ1) is 12.3. The molecule has 0 bridgehead atoms. The Kier molecular flexibility index (Phi) is 5.76. The summed E-state index contributed by atoms with van der Waals surface area (Å²) >= 11 is 0. The zero-order valence-electron chi connectivity index (χ0n) is 15.4. The number of carbonyl (C=O) groups is 1. The van der Waals surface area contributed by atoms with Crippen LogP contribution in [0.4, 0.5) is 5.82 Å². The zero-order valence-corrected chi connectivity index (χ0v) is 16.3. The van der Waals surface area contributed by atoms with Gasteiger partial charge in [-0.1, -0.05) is 0 Å². The molecule has 0 spiro atoms. The first-order valence-electron chi connectivity index (χ1n) is 9.15. The van der Waals surface area contributed by atoms with Gasteiger partial charge in [0, 0.05) is 43.9 Å². The third-order valence-electron chi connectivity index (χ3n) is 5.03. The standard InChI is InChI=1S/C17H27N5O3S/c1-13-11-16(21-7-3-4-8-21)20-15(19-13)12-18-17(23)14-5-9-22(10-6-14)26(2,24)25/h11,14H,3-10,12H2,1-2H3,(H,18,23). The fraction of sp³-hybridized carbons (Fsp3) is 0.706. The van der Waals surface area contributed by atoms with Crippen molar-refractivity contribution in [1.29, 1.82) is 0 Å². The van der Waals surface area contributed by atoms with Crippen molar-refractivity contribution < 1.29 is 13.2 Å². The minimum absolute atomic E-state index is 0.0500. The van der Waals surface area contributed by atoms with Gasteiger partial charge < -0.3 is 10.2 Å². The Balaban J connectivity index is 1.55. The molecule has 0 radical (unpaired) electrons. The third kappa shape index (κ3) is 4.70. The van der Waals surface area contributed by atoms with E-state index in [1.54, 1.807) is 0 Å². The molecular formula is C17H27N5O3S. The Morgan fingerprint density at radius 3 is 2.46 bits per heavy atom. The lowest BCUT2D eigenvalue weighted by molar-refractivity contribution is -0.126. The lowest BCUT2D eigenvalue weighted by atomic mass is 9.97. The summed E-state index contributed by atoms with van der Waals surface area (Å²) in [4.78, 5) is 23.7. The molecule has 3 heterocycles. The Bertz CT molecular complexity index is 754. The lowest BCUT2D eigenvalue weighted by Gasteiger charge is -2.29. The van der Waals surface area contributed by atoms with Gasteiger partial charge in [0.2, 0.25) is 15.9 Å². The number of nitrogens with one attached hydrogen (secondary N) is 1. The van der Waals surface area contributed by atoms with E-state index in [1.165, 1.54) is 23.4 Å². The number of amides is 1. The van der Waals surface area contributed by atoms with E-state index in [2.05, 4.69) is 20.2 Å². The third-order valence-corrected chi connectivity index (χ3v) is 6.33. The number of rotatable bonds is 5. The van der Waals surface area contributed by atoms with E-state index in [9.17, 15) is 13.2 Å². The van der Waals surface area contributed by atoms with Crippen LogP contribution in [0.25, 0.3) is 0 Å². The fourth-order valence-corrected chi connectivity index (χ4v) is 4.43. The number of anilines is 1. The molecule has 0 atom stereocenters. The van der Waals surface area contributed by atoms with Gasteiger partial charge in [-0.05, 0) is 32.6 Å². The van der Waals surface area contributed by atoms with Gasteiger partial charge in [0.25, 0.3) is 0 Å². The summed E-state index contributed by atoms with van der Waals surface area (Å²) in [5.74, 6) is 1.34. The number of aromatic nitrogens is 2. The molecule has 0 aromatic carbocycles. The van der Waals surface area contributed by atoms with Crippen LogP contribution in [-0.2, 0) is 21.4 Å². The van der Waals surface area contributed by atoms with E-state index >= 15 is 0 Å². The largest absolute Gasteiger partial charge is 0.357 e. The molecule has 9 heteroatoms. The zero-order chi connectivity index (χ0) is 18.7. The van der Waals surface area contributed by atoms with E-state index in [4.69, 9.17) is 0 Å². The van der Waals surface area contributed by atoms with Crippen molar-refractivity contribution in [3.05, 3.63) is 17.6 Å². The number of carbonyl (C=O) groups excluding carboxylic acids is 1. The molecule has 2 aliphatic heterocycles. The molecule has 1 N–H and O–H groups in total. The first-order valence-corrected chi connectivity index (χ1v) is 11.0. The Morgan fingerprint density at radius 1 is 1.19 bits per heavy atom. The van der Waals surface area contributed by atoms with Gasteiger partial charge in [0.1, 0.15) is 11.6 Å². The highest BCUT2D eigenvalue weighted by Crippen LogP contribution is 2.20. The summed E-state index contributed by atoms with van der Waals surface area (Å²) in [5, 5.41) is 2.92. The highest BCUT2D eigenvalue weighted by Gasteiger charge is 2.28. The number of nitrogens with zero attached hydrogens (tertiary/aromatic N) is 4. The predicted octanol–water partition coefficient (Wildman–Crippen LogP) is 0.673. The molecule has 8 nitrogen and oxygen atoms in total. The molecule has 3 rings (SSSR count). The van der Waals surface area contributed by atoms with Crippen molar-refractivity contribution in [3.8, 4) is 0 Å². The highest BCUT2D eigenvalue weighted by molar-refractivity contribution is 7.88. The van der Waals surface area contributed by atoms with Gasteiger partial charge in [-0.2, -0.15) is 0 Å². The molecule has 0 aliphatic carbocycles. The van der Waals surface area contributed by atoms with Gasteiger partial charge in [0.05, 0.1) is 12.8 Å². The maximum atomic E-state index is 12.4. The number of piperidine rings is 1. The minimum atomic E-state index is -3.17. The topological polar surface area (TPSA) is 95.5 Å². The summed E-state index contributed by atoms with van der Waals surface area (Å²) < 4.78 is 24.5. The van der Waals surface area contributed by atoms with Crippen LogP contribution in [0, 0.1) is 12.8 Å². The van der Waals surface area contributed by atoms with Gasteiger partial charge >= 0.3 is 0 Å². The average molecular weight is 382 g/mol. The van der Waals surface area contributed by atoms with Gasteiger partial charge in [0.15, 0.2) is 0 Å². The van der Waals surface area contributed by atoms with Crippen molar-refractivity contribution in [2.24, 2.45) is 5.92 Å². The van der Waals surface area contributed by atoms with Gasteiger partial charge in [-0.3, -0.25) is 4.79 Å².